The summed E-state index contributed by atoms with van der Waals surface area (Å²) < 4.78 is 6.35. The van der Waals surface area contributed by atoms with E-state index in [0.29, 0.717) is 11.3 Å². The molecule has 0 bridgehead atoms. The molecule has 14 heavy (non-hydrogen) atoms. The molecule has 0 saturated heterocycles. The van der Waals surface area contributed by atoms with E-state index in [9.17, 15) is 0 Å². The number of methoxy groups -OCH3 is 1. The number of nitriles is 1. The van der Waals surface area contributed by atoms with Crippen LogP contribution in [-0.2, 0) is 0 Å². The molecule has 2 aromatic rings. The Morgan fingerprint density at radius 3 is 2.93 bits per heavy atom. The van der Waals surface area contributed by atoms with Crippen LogP contribution in [0, 0.1) is 18.3 Å². The molecule has 0 radical (unpaired) electrons. The van der Waals surface area contributed by atoms with Crippen LogP contribution >= 0.6 is 11.3 Å². The molecule has 1 aromatic heterocycles. The zero-order chi connectivity index (χ0) is 10.1. The fourth-order valence-electron chi connectivity index (χ4n) is 1.55. The molecule has 0 atom stereocenters. The number of aryl methyl sites for hydroxylation is 1. The number of thiophene rings is 1. The van der Waals surface area contributed by atoms with E-state index >= 15 is 0 Å². The number of hydrogen-bond donors (Lipinski definition) is 0. The Morgan fingerprint density at radius 2 is 2.29 bits per heavy atom. The lowest BCUT2D eigenvalue weighted by Crippen LogP contribution is -1.90. The molecule has 0 saturated carbocycles. The van der Waals surface area contributed by atoms with Gasteiger partial charge >= 0.3 is 0 Å². The van der Waals surface area contributed by atoms with Gasteiger partial charge in [-0.3, -0.25) is 0 Å². The summed E-state index contributed by atoms with van der Waals surface area (Å²) >= 11 is 1.66. The third-order valence-electron chi connectivity index (χ3n) is 2.28. The third-order valence-corrected chi connectivity index (χ3v) is 3.33. The zero-order valence-electron chi connectivity index (χ0n) is 8.00. The monoisotopic (exact) mass is 203 g/mol. The van der Waals surface area contributed by atoms with Gasteiger partial charge < -0.3 is 4.74 Å². The highest BCUT2D eigenvalue weighted by Gasteiger charge is 2.10. The van der Waals surface area contributed by atoms with Crippen molar-refractivity contribution in [3.8, 4) is 11.8 Å². The smallest absolute Gasteiger partial charge is 0.137 e. The minimum atomic E-state index is 0.641. The summed E-state index contributed by atoms with van der Waals surface area (Å²) in [5.41, 5.74) is 1.65. The van der Waals surface area contributed by atoms with Crippen molar-refractivity contribution in [1.29, 1.82) is 5.26 Å². The summed E-state index contributed by atoms with van der Waals surface area (Å²) in [5, 5.41) is 12.2. The molecule has 0 unspecified atom stereocenters. The zero-order valence-corrected chi connectivity index (χ0v) is 8.81. The number of nitrogens with zero attached hydrogens (tertiary/aromatic N) is 1. The van der Waals surface area contributed by atoms with Crippen LogP contribution in [0.25, 0.3) is 10.1 Å². The van der Waals surface area contributed by atoms with Crippen molar-refractivity contribution >= 4 is 21.4 Å². The molecule has 3 heteroatoms. The molecule has 0 spiro atoms. The quantitative estimate of drug-likeness (QED) is 0.713. The molecule has 2 nitrogen and oxygen atoms in total. The Morgan fingerprint density at radius 1 is 1.50 bits per heavy atom. The summed E-state index contributed by atoms with van der Waals surface area (Å²) in [5.74, 6) is 0.663. The van der Waals surface area contributed by atoms with Gasteiger partial charge in [-0.15, -0.1) is 11.3 Å². The van der Waals surface area contributed by atoms with Gasteiger partial charge in [0.25, 0.3) is 0 Å². The van der Waals surface area contributed by atoms with Crippen molar-refractivity contribution in [1.82, 2.24) is 0 Å². The summed E-state index contributed by atoms with van der Waals surface area (Å²) in [6.45, 7) is 1.96. The maximum absolute atomic E-state index is 9.00. The highest BCUT2D eigenvalue weighted by Crippen LogP contribution is 2.32. The van der Waals surface area contributed by atoms with Crippen LogP contribution in [0.15, 0.2) is 17.5 Å². The number of benzene rings is 1. The molecular weight excluding hydrogens is 194 g/mol. The summed E-state index contributed by atoms with van der Waals surface area (Å²) in [6.07, 6.45) is 0. The Kier molecular flexibility index (Phi) is 2.14. The highest BCUT2D eigenvalue weighted by atomic mass is 32.1. The molecule has 0 aliphatic rings. The van der Waals surface area contributed by atoms with Crippen LogP contribution in [0.3, 0.4) is 0 Å². The standard InChI is InChI=1S/C11H9NOS/c1-7-9(6-12)10(13-2)5-8-3-4-14-11(7)8/h3-5H,1-2H3. The molecule has 70 valence electrons. The van der Waals surface area contributed by atoms with Crippen molar-refractivity contribution in [3.63, 3.8) is 0 Å². The van der Waals surface area contributed by atoms with Gasteiger partial charge in [0.1, 0.15) is 11.8 Å². The maximum Gasteiger partial charge on any atom is 0.137 e. The van der Waals surface area contributed by atoms with Gasteiger partial charge in [-0.1, -0.05) is 0 Å². The first-order valence-corrected chi connectivity index (χ1v) is 5.10. The van der Waals surface area contributed by atoms with E-state index in [-0.39, 0.29) is 0 Å². The molecular formula is C11H9NOS. The highest BCUT2D eigenvalue weighted by molar-refractivity contribution is 7.17. The number of fused-ring (bicyclic) bond motifs is 1. The Bertz CT molecular complexity index is 522. The number of ether oxygens (including phenoxy) is 1. The number of rotatable bonds is 1. The fraction of sp³-hybridized carbons (Fsp3) is 0.182. The van der Waals surface area contributed by atoms with Crippen LogP contribution in [-0.4, -0.2) is 7.11 Å². The molecule has 0 aliphatic heterocycles. The SMILES string of the molecule is COc1cc2ccsc2c(C)c1C#N. The van der Waals surface area contributed by atoms with Crippen molar-refractivity contribution < 1.29 is 4.74 Å². The second kappa shape index (κ2) is 3.32. The fourth-order valence-corrected chi connectivity index (χ4v) is 2.44. The molecule has 0 amide bonds. The first kappa shape index (κ1) is 9.04. The van der Waals surface area contributed by atoms with E-state index < -0.39 is 0 Å². The van der Waals surface area contributed by atoms with Crippen molar-refractivity contribution in [2.75, 3.05) is 7.11 Å². The van der Waals surface area contributed by atoms with Gasteiger partial charge in [0.05, 0.1) is 12.7 Å². The first-order valence-electron chi connectivity index (χ1n) is 4.23. The predicted octanol–water partition coefficient (Wildman–Crippen LogP) is 3.09. The molecule has 1 heterocycles. The van der Waals surface area contributed by atoms with Crippen molar-refractivity contribution in [2.24, 2.45) is 0 Å². The minimum Gasteiger partial charge on any atom is -0.495 e. The lowest BCUT2D eigenvalue weighted by atomic mass is 10.1. The predicted molar refractivity (Wildman–Crippen MR) is 57.8 cm³/mol. The summed E-state index contributed by atoms with van der Waals surface area (Å²) in [4.78, 5) is 0. The van der Waals surface area contributed by atoms with Gasteiger partial charge in [0.2, 0.25) is 0 Å². The first-order chi connectivity index (χ1) is 6.77. The topological polar surface area (TPSA) is 33.0 Å². The minimum absolute atomic E-state index is 0.641. The van der Waals surface area contributed by atoms with E-state index in [0.717, 1.165) is 10.9 Å². The van der Waals surface area contributed by atoms with E-state index in [2.05, 4.69) is 6.07 Å². The van der Waals surface area contributed by atoms with Crippen LogP contribution in [0.1, 0.15) is 11.1 Å². The molecule has 0 N–H and O–H groups in total. The maximum atomic E-state index is 9.00. The molecule has 1 aromatic carbocycles. The number of hydrogen-bond acceptors (Lipinski definition) is 3. The van der Waals surface area contributed by atoms with Gasteiger partial charge in [0, 0.05) is 4.70 Å². The normalized spacial score (nSPS) is 10.1. The second-order valence-electron chi connectivity index (χ2n) is 3.03. The average molecular weight is 203 g/mol. The average Bonchev–Trinajstić information content (AvgIpc) is 2.65. The third kappa shape index (κ3) is 1.16. The lowest BCUT2D eigenvalue weighted by molar-refractivity contribution is 0.414. The second-order valence-corrected chi connectivity index (χ2v) is 3.95. The Balaban J connectivity index is 2.88. The van der Waals surface area contributed by atoms with Gasteiger partial charge in [-0.2, -0.15) is 5.26 Å². The lowest BCUT2D eigenvalue weighted by Gasteiger charge is -2.06. The summed E-state index contributed by atoms with van der Waals surface area (Å²) in [7, 11) is 1.59. The largest absolute Gasteiger partial charge is 0.495 e. The van der Waals surface area contributed by atoms with Crippen LogP contribution in [0.5, 0.6) is 5.75 Å². The Labute approximate surface area is 86.4 Å². The van der Waals surface area contributed by atoms with E-state index in [1.165, 1.54) is 4.70 Å². The van der Waals surface area contributed by atoms with Crippen LogP contribution in [0.2, 0.25) is 0 Å². The van der Waals surface area contributed by atoms with Crippen molar-refractivity contribution in [3.05, 3.63) is 28.6 Å². The van der Waals surface area contributed by atoms with Gasteiger partial charge in [0.15, 0.2) is 0 Å². The van der Waals surface area contributed by atoms with Crippen molar-refractivity contribution in [2.45, 2.75) is 6.92 Å². The summed E-state index contributed by atoms with van der Waals surface area (Å²) in [6, 6.07) is 6.13. The van der Waals surface area contributed by atoms with E-state index in [1.807, 2.05) is 24.4 Å². The van der Waals surface area contributed by atoms with Crippen LogP contribution < -0.4 is 4.74 Å². The van der Waals surface area contributed by atoms with E-state index in [4.69, 9.17) is 10.00 Å². The molecule has 0 aliphatic carbocycles. The van der Waals surface area contributed by atoms with Gasteiger partial charge in [-0.25, -0.2) is 0 Å². The molecule has 0 fully saturated rings. The van der Waals surface area contributed by atoms with Gasteiger partial charge in [-0.05, 0) is 35.4 Å². The van der Waals surface area contributed by atoms with E-state index in [1.54, 1.807) is 18.4 Å². The van der Waals surface area contributed by atoms with Crippen LogP contribution in [0.4, 0.5) is 0 Å². The molecule has 2 rings (SSSR count). The Hall–Kier alpha value is -1.53.